The van der Waals surface area contributed by atoms with Crippen LogP contribution in [0.2, 0.25) is 0 Å². The maximum Gasteiger partial charge on any atom is 0.243 e. The quantitative estimate of drug-likeness (QED) is 0.797. The van der Waals surface area contributed by atoms with Crippen LogP contribution in [0.5, 0.6) is 5.75 Å². The predicted molar refractivity (Wildman–Crippen MR) is 105 cm³/mol. The van der Waals surface area contributed by atoms with E-state index in [1.165, 1.54) is 0 Å². The predicted octanol–water partition coefficient (Wildman–Crippen LogP) is 1.31. The fourth-order valence-electron chi connectivity index (χ4n) is 4.24. The Bertz CT molecular complexity index is 970. The number of nitrogens with one attached hydrogen (secondary N) is 1. The van der Waals surface area contributed by atoms with E-state index in [9.17, 15) is 8.42 Å². The van der Waals surface area contributed by atoms with Crippen LogP contribution in [-0.2, 0) is 29.5 Å². The van der Waals surface area contributed by atoms with Crippen LogP contribution >= 0.6 is 12.4 Å². The first-order valence-corrected chi connectivity index (χ1v) is 11.0. The van der Waals surface area contributed by atoms with Crippen molar-refractivity contribution in [2.24, 2.45) is 0 Å². The molecule has 2 aromatic rings. The molecular formula is C18H24ClN5O3S. The summed E-state index contributed by atoms with van der Waals surface area (Å²) in [7, 11) is -3.47. The summed E-state index contributed by atoms with van der Waals surface area (Å²) in [6.45, 7) is 4.22. The number of nitrogens with zero attached hydrogens (tertiary/aromatic N) is 4. The van der Waals surface area contributed by atoms with Gasteiger partial charge >= 0.3 is 0 Å². The SMILES string of the molecule is Cl.O=S(=O)(c1ccc2c(c1)CCO2)N1CCC(c2nnc3n2CCNC3)CC1. The molecule has 3 aliphatic heterocycles. The van der Waals surface area contributed by atoms with E-state index < -0.39 is 10.0 Å². The summed E-state index contributed by atoms with van der Waals surface area (Å²) >= 11 is 0. The summed E-state index contributed by atoms with van der Waals surface area (Å²) in [5.74, 6) is 3.06. The van der Waals surface area contributed by atoms with Gasteiger partial charge in [0.1, 0.15) is 17.4 Å². The molecular weight excluding hydrogens is 402 g/mol. The van der Waals surface area contributed by atoms with Crippen LogP contribution in [-0.4, -0.2) is 53.7 Å². The number of benzene rings is 1. The van der Waals surface area contributed by atoms with E-state index in [1.807, 2.05) is 0 Å². The molecule has 0 aliphatic carbocycles. The summed E-state index contributed by atoms with van der Waals surface area (Å²) in [5.41, 5.74) is 0.981. The van der Waals surface area contributed by atoms with Crippen LogP contribution in [0, 0.1) is 0 Å². The third kappa shape index (κ3) is 3.30. The lowest BCUT2D eigenvalue weighted by Crippen LogP contribution is -2.38. The second kappa shape index (κ2) is 7.62. The maximum atomic E-state index is 13.1. The molecule has 0 amide bonds. The van der Waals surface area contributed by atoms with Gasteiger partial charge in [-0.2, -0.15) is 4.31 Å². The van der Waals surface area contributed by atoms with E-state index in [0.29, 0.717) is 24.6 Å². The topological polar surface area (TPSA) is 89.4 Å². The number of aromatic nitrogens is 3. The van der Waals surface area contributed by atoms with Crippen molar-refractivity contribution in [1.82, 2.24) is 24.4 Å². The van der Waals surface area contributed by atoms with Gasteiger partial charge in [-0.05, 0) is 36.6 Å². The van der Waals surface area contributed by atoms with E-state index in [0.717, 1.165) is 61.9 Å². The highest BCUT2D eigenvalue weighted by Gasteiger charge is 2.33. The standard InChI is InChI=1S/C18H23N5O3S.ClH/c24-27(25,15-1-2-16-14(11-15)5-10-26-16)22-7-3-13(4-8-22)18-21-20-17-12-19-6-9-23(17)18;/h1-2,11,13,19H,3-10,12H2;1H. The lowest BCUT2D eigenvalue weighted by molar-refractivity contribution is 0.307. The third-order valence-electron chi connectivity index (χ3n) is 5.77. The van der Waals surface area contributed by atoms with Crippen LogP contribution in [0.1, 0.15) is 36.0 Å². The molecule has 8 nitrogen and oxygen atoms in total. The summed E-state index contributed by atoms with van der Waals surface area (Å²) in [6, 6.07) is 5.21. The van der Waals surface area contributed by atoms with E-state index >= 15 is 0 Å². The van der Waals surface area contributed by atoms with Crippen molar-refractivity contribution in [1.29, 1.82) is 0 Å². The van der Waals surface area contributed by atoms with Crippen molar-refractivity contribution < 1.29 is 13.2 Å². The Morgan fingerprint density at radius 3 is 2.79 bits per heavy atom. The van der Waals surface area contributed by atoms with Gasteiger partial charge in [-0.15, -0.1) is 22.6 Å². The molecule has 28 heavy (non-hydrogen) atoms. The van der Waals surface area contributed by atoms with Gasteiger partial charge in [0.15, 0.2) is 0 Å². The highest BCUT2D eigenvalue weighted by molar-refractivity contribution is 7.89. The van der Waals surface area contributed by atoms with Crippen LogP contribution < -0.4 is 10.1 Å². The lowest BCUT2D eigenvalue weighted by Gasteiger charge is -2.31. The molecule has 1 aromatic carbocycles. The maximum absolute atomic E-state index is 13.1. The van der Waals surface area contributed by atoms with Gasteiger partial charge in [-0.1, -0.05) is 0 Å². The number of hydrogen-bond donors (Lipinski definition) is 1. The molecule has 5 rings (SSSR count). The molecule has 1 N–H and O–H groups in total. The van der Waals surface area contributed by atoms with Crippen molar-refractivity contribution in [3.05, 3.63) is 35.4 Å². The molecule has 0 unspecified atom stereocenters. The third-order valence-corrected chi connectivity index (χ3v) is 7.66. The normalized spacial score (nSPS) is 20.1. The Morgan fingerprint density at radius 2 is 1.96 bits per heavy atom. The number of rotatable bonds is 3. The monoisotopic (exact) mass is 425 g/mol. The van der Waals surface area contributed by atoms with Crippen molar-refractivity contribution in [3.63, 3.8) is 0 Å². The zero-order valence-electron chi connectivity index (χ0n) is 15.5. The average molecular weight is 426 g/mol. The van der Waals surface area contributed by atoms with Gasteiger partial charge in [-0.3, -0.25) is 0 Å². The molecule has 1 aromatic heterocycles. The molecule has 0 atom stereocenters. The van der Waals surface area contributed by atoms with Gasteiger partial charge in [0.25, 0.3) is 0 Å². The summed E-state index contributed by atoms with van der Waals surface area (Å²) in [6.07, 6.45) is 2.32. The zero-order chi connectivity index (χ0) is 18.4. The van der Waals surface area contributed by atoms with Crippen LogP contribution in [0.4, 0.5) is 0 Å². The summed E-state index contributed by atoms with van der Waals surface area (Å²) < 4.78 is 35.4. The first-order chi connectivity index (χ1) is 13.1. The summed E-state index contributed by atoms with van der Waals surface area (Å²) in [4.78, 5) is 0.371. The minimum atomic E-state index is -3.47. The largest absolute Gasteiger partial charge is 0.493 e. The molecule has 10 heteroatoms. The van der Waals surface area contributed by atoms with Gasteiger partial charge in [0.2, 0.25) is 10.0 Å². The Hall–Kier alpha value is -1.68. The first-order valence-electron chi connectivity index (χ1n) is 9.51. The van der Waals surface area contributed by atoms with Crippen LogP contribution in [0.25, 0.3) is 0 Å². The molecule has 1 saturated heterocycles. The zero-order valence-corrected chi connectivity index (χ0v) is 17.1. The fourth-order valence-corrected chi connectivity index (χ4v) is 5.76. The molecule has 1 fully saturated rings. The van der Waals surface area contributed by atoms with E-state index in [2.05, 4.69) is 20.1 Å². The minimum Gasteiger partial charge on any atom is -0.493 e. The fraction of sp³-hybridized carbons (Fsp3) is 0.556. The highest BCUT2D eigenvalue weighted by atomic mass is 35.5. The molecule has 0 spiro atoms. The van der Waals surface area contributed by atoms with Crippen molar-refractivity contribution >= 4 is 22.4 Å². The Labute approximate surface area is 170 Å². The smallest absolute Gasteiger partial charge is 0.243 e. The first kappa shape index (κ1) is 19.6. The van der Waals surface area contributed by atoms with E-state index in [1.54, 1.807) is 22.5 Å². The number of halogens is 1. The van der Waals surface area contributed by atoms with Gasteiger partial charge < -0.3 is 14.6 Å². The second-order valence-corrected chi connectivity index (χ2v) is 9.29. The summed E-state index contributed by atoms with van der Waals surface area (Å²) in [5, 5.41) is 12.0. The molecule has 4 heterocycles. The van der Waals surface area contributed by atoms with Gasteiger partial charge in [0, 0.05) is 38.5 Å². The molecule has 0 saturated carbocycles. The van der Waals surface area contributed by atoms with Crippen LogP contribution in [0.3, 0.4) is 0 Å². The number of hydrogen-bond acceptors (Lipinski definition) is 6. The van der Waals surface area contributed by atoms with Crippen molar-refractivity contribution in [3.8, 4) is 5.75 Å². The number of ether oxygens (including phenoxy) is 1. The number of fused-ring (bicyclic) bond motifs is 2. The average Bonchev–Trinajstić information content (AvgIpc) is 3.34. The Morgan fingerprint density at radius 1 is 1.14 bits per heavy atom. The minimum absolute atomic E-state index is 0. The van der Waals surface area contributed by atoms with E-state index in [4.69, 9.17) is 4.74 Å². The molecule has 152 valence electrons. The lowest BCUT2D eigenvalue weighted by atomic mass is 9.97. The molecule has 0 bridgehead atoms. The molecule has 3 aliphatic rings. The Balaban J connectivity index is 0.00000192. The van der Waals surface area contributed by atoms with Crippen molar-refractivity contribution in [2.45, 2.75) is 43.2 Å². The van der Waals surface area contributed by atoms with Crippen LogP contribution in [0.15, 0.2) is 23.1 Å². The number of piperidine rings is 1. The highest BCUT2D eigenvalue weighted by Crippen LogP contribution is 2.33. The van der Waals surface area contributed by atoms with Gasteiger partial charge in [-0.25, -0.2) is 8.42 Å². The second-order valence-electron chi connectivity index (χ2n) is 7.35. The van der Waals surface area contributed by atoms with E-state index in [-0.39, 0.29) is 18.3 Å². The van der Waals surface area contributed by atoms with Gasteiger partial charge in [0.05, 0.1) is 18.0 Å². The number of sulfonamides is 1. The molecule has 0 radical (unpaired) electrons. The Kier molecular flexibility index (Phi) is 5.34. The van der Waals surface area contributed by atoms with Crippen molar-refractivity contribution in [2.75, 3.05) is 26.2 Å².